The van der Waals surface area contributed by atoms with E-state index in [0.717, 1.165) is 11.4 Å². The zero-order valence-electron chi connectivity index (χ0n) is 12.3. The third-order valence-electron chi connectivity index (χ3n) is 3.16. The van der Waals surface area contributed by atoms with Gasteiger partial charge in [0, 0.05) is 30.4 Å². The SMILES string of the molecule is CCn1cc(S(=O)(=O)Nc2nc(C(C)C)cs2)cc1CN. The Morgan fingerprint density at radius 2 is 2.19 bits per heavy atom. The third-order valence-corrected chi connectivity index (χ3v) is 5.37. The van der Waals surface area contributed by atoms with Gasteiger partial charge in [-0.3, -0.25) is 4.72 Å². The number of hydrogen-bond donors (Lipinski definition) is 2. The lowest BCUT2D eigenvalue weighted by atomic mass is 10.2. The van der Waals surface area contributed by atoms with Gasteiger partial charge in [0.2, 0.25) is 0 Å². The maximum Gasteiger partial charge on any atom is 0.265 e. The molecule has 0 aliphatic rings. The first-order valence-electron chi connectivity index (χ1n) is 6.74. The molecule has 0 amide bonds. The Bertz CT molecular complexity index is 695. The van der Waals surface area contributed by atoms with Crippen molar-refractivity contribution in [3.63, 3.8) is 0 Å². The van der Waals surface area contributed by atoms with E-state index >= 15 is 0 Å². The van der Waals surface area contributed by atoms with Gasteiger partial charge in [-0.05, 0) is 18.9 Å². The van der Waals surface area contributed by atoms with Gasteiger partial charge in [-0.15, -0.1) is 11.3 Å². The van der Waals surface area contributed by atoms with E-state index in [4.69, 9.17) is 5.73 Å². The minimum Gasteiger partial charge on any atom is -0.349 e. The maximum absolute atomic E-state index is 12.4. The molecule has 0 aliphatic heterocycles. The fraction of sp³-hybridized carbons (Fsp3) is 0.462. The number of anilines is 1. The standard InChI is InChI=1S/C13H20N4O2S2/c1-4-17-7-11(5-10(17)6-14)21(18,19)16-13-15-12(8-20-13)9(2)3/h5,7-9H,4,6,14H2,1-3H3,(H,15,16). The Hall–Kier alpha value is -1.38. The molecule has 0 saturated carbocycles. The summed E-state index contributed by atoms with van der Waals surface area (Å²) in [4.78, 5) is 4.50. The monoisotopic (exact) mass is 328 g/mol. The van der Waals surface area contributed by atoms with Gasteiger partial charge >= 0.3 is 0 Å². The van der Waals surface area contributed by atoms with Crippen LogP contribution in [0.25, 0.3) is 0 Å². The summed E-state index contributed by atoms with van der Waals surface area (Å²) in [7, 11) is -3.63. The number of aryl methyl sites for hydroxylation is 1. The van der Waals surface area contributed by atoms with Crippen molar-refractivity contribution in [2.45, 2.75) is 44.7 Å². The molecule has 0 atom stereocenters. The van der Waals surface area contributed by atoms with Crippen molar-refractivity contribution in [2.75, 3.05) is 4.72 Å². The molecule has 116 valence electrons. The summed E-state index contributed by atoms with van der Waals surface area (Å²) < 4.78 is 29.1. The van der Waals surface area contributed by atoms with E-state index in [1.54, 1.807) is 12.3 Å². The van der Waals surface area contributed by atoms with Gasteiger partial charge in [0.25, 0.3) is 10.0 Å². The number of nitrogens with two attached hydrogens (primary N) is 1. The predicted molar refractivity (Wildman–Crippen MR) is 85.0 cm³/mol. The molecule has 0 saturated heterocycles. The Kier molecular flexibility index (Phi) is 4.70. The fourth-order valence-corrected chi connectivity index (χ4v) is 4.10. The van der Waals surface area contributed by atoms with Crippen LogP contribution in [0.2, 0.25) is 0 Å². The zero-order valence-corrected chi connectivity index (χ0v) is 14.0. The van der Waals surface area contributed by atoms with Gasteiger partial charge in [0.05, 0.1) is 5.69 Å². The summed E-state index contributed by atoms with van der Waals surface area (Å²) in [5, 5.41) is 2.25. The highest BCUT2D eigenvalue weighted by Gasteiger charge is 2.19. The second kappa shape index (κ2) is 6.17. The van der Waals surface area contributed by atoms with Gasteiger partial charge in [0.15, 0.2) is 5.13 Å². The number of sulfonamides is 1. The Balaban J connectivity index is 2.27. The Morgan fingerprint density at radius 3 is 2.67 bits per heavy atom. The summed E-state index contributed by atoms with van der Waals surface area (Å²) in [5.41, 5.74) is 7.30. The molecule has 3 N–H and O–H groups in total. The molecule has 2 aromatic heterocycles. The molecular formula is C13H20N4O2S2. The number of nitrogens with zero attached hydrogens (tertiary/aromatic N) is 2. The van der Waals surface area contributed by atoms with Crippen LogP contribution in [0.4, 0.5) is 5.13 Å². The fourth-order valence-electron chi connectivity index (χ4n) is 1.91. The molecule has 21 heavy (non-hydrogen) atoms. The summed E-state index contributed by atoms with van der Waals surface area (Å²) in [6.45, 7) is 6.96. The highest BCUT2D eigenvalue weighted by atomic mass is 32.2. The van der Waals surface area contributed by atoms with Crippen LogP contribution in [-0.4, -0.2) is 18.0 Å². The van der Waals surface area contributed by atoms with E-state index in [1.165, 1.54) is 11.3 Å². The summed E-state index contributed by atoms with van der Waals surface area (Å²) >= 11 is 1.29. The average molecular weight is 328 g/mol. The van der Waals surface area contributed by atoms with Crippen molar-refractivity contribution in [1.82, 2.24) is 9.55 Å². The molecule has 2 heterocycles. The molecule has 8 heteroatoms. The van der Waals surface area contributed by atoms with Gasteiger partial charge in [-0.1, -0.05) is 13.8 Å². The van der Waals surface area contributed by atoms with Crippen molar-refractivity contribution in [3.05, 3.63) is 29.0 Å². The van der Waals surface area contributed by atoms with Crippen molar-refractivity contribution in [2.24, 2.45) is 5.73 Å². The lowest BCUT2D eigenvalue weighted by Gasteiger charge is -2.03. The van der Waals surface area contributed by atoms with E-state index in [0.29, 0.717) is 18.2 Å². The van der Waals surface area contributed by atoms with Crippen LogP contribution < -0.4 is 10.5 Å². The van der Waals surface area contributed by atoms with E-state index in [2.05, 4.69) is 9.71 Å². The quantitative estimate of drug-likeness (QED) is 0.851. The summed E-state index contributed by atoms with van der Waals surface area (Å²) in [6.07, 6.45) is 1.60. The van der Waals surface area contributed by atoms with Crippen LogP contribution >= 0.6 is 11.3 Å². The molecule has 0 spiro atoms. The molecule has 2 aromatic rings. The van der Waals surface area contributed by atoms with Crippen molar-refractivity contribution in [3.8, 4) is 0 Å². The minimum absolute atomic E-state index is 0.214. The maximum atomic E-state index is 12.4. The average Bonchev–Trinajstić information content (AvgIpc) is 3.04. The molecule has 2 rings (SSSR count). The second-order valence-corrected chi connectivity index (χ2v) is 7.54. The van der Waals surface area contributed by atoms with E-state index in [1.807, 2.05) is 30.7 Å². The van der Waals surface area contributed by atoms with E-state index in [9.17, 15) is 8.42 Å². The van der Waals surface area contributed by atoms with Crippen LogP contribution in [0.5, 0.6) is 0 Å². The minimum atomic E-state index is -3.63. The van der Waals surface area contributed by atoms with Crippen LogP contribution in [-0.2, 0) is 23.1 Å². The molecule has 6 nitrogen and oxygen atoms in total. The molecule has 0 fully saturated rings. The van der Waals surface area contributed by atoms with E-state index < -0.39 is 10.0 Å². The lowest BCUT2D eigenvalue weighted by Crippen LogP contribution is -2.12. The first-order valence-corrected chi connectivity index (χ1v) is 9.11. The number of nitrogens with one attached hydrogen (secondary N) is 1. The van der Waals surface area contributed by atoms with Crippen molar-refractivity contribution in [1.29, 1.82) is 0 Å². The molecular weight excluding hydrogens is 308 g/mol. The van der Waals surface area contributed by atoms with Crippen LogP contribution in [0, 0.1) is 0 Å². The first kappa shape index (κ1) is 16.0. The molecule has 0 unspecified atom stereocenters. The number of hydrogen-bond acceptors (Lipinski definition) is 5. The van der Waals surface area contributed by atoms with Gasteiger partial charge in [-0.25, -0.2) is 13.4 Å². The van der Waals surface area contributed by atoms with Gasteiger partial charge in [0.1, 0.15) is 4.90 Å². The molecule has 0 aromatic carbocycles. The van der Waals surface area contributed by atoms with Crippen molar-refractivity contribution >= 4 is 26.5 Å². The molecule has 0 radical (unpaired) electrons. The van der Waals surface area contributed by atoms with Crippen LogP contribution in [0.1, 0.15) is 38.1 Å². The largest absolute Gasteiger partial charge is 0.349 e. The summed E-state index contributed by atoms with van der Waals surface area (Å²) in [5.74, 6) is 0.268. The Morgan fingerprint density at radius 1 is 1.48 bits per heavy atom. The topological polar surface area (TPSA) is 90.0 Å². The van der Waals surface area contributed by atoms with Crippen molar-refractivity contribution < 1.29 is 8.42 Å². The highest BCUT2D eigenvalue weighted by Crippen LogP contribution is 2.24. The number of aromatic nitrogens is 2. The smallest absolute Gasteiger partial charge is 0.265 e. The number of thiazole rings is 1. The predicted octanol–water partition coefficient (Wildman–Crippen LogP) is 2.35. The van der Waals surface area contributed by atoms with Crippen LogP contribution in [0.3, 0.4) is 0 Å². The molecule has 0 aliphatic carbocycles. The number of rotatable bonds is 6. The zero-order chi connectivity index (χ0) is 15.6. The van der Waals surface area contributed by atoms with Crippen LogP contribution in [0.15, 0.2) is 22.5 Å². The second-order valence-electron chi connectivity index (χ2n) is 5.00. The first-order chi connectivity index (χ1) is 9.87. The lowest BCUT2D eigenvalue weighted by molar-refractivity contribution is 0.600. The Labute approximate surface area is 129 Å². The van der Waals surface area contributed by atoms with E-state index in [-0.39, 0.29) is 10.8 Å². The van der Waals surface area contributed by atoms with Gasteiger partial charge < -0.3 is 10.3 Å². The highest BCUT2D eigenvalue weighted by molar-refractivity contribution is 7.93. The normalized spacial score (nSPS) is 12.0. The van der Waals surface area contributed by atoms with Gasteiger partial charge in [-0.2, -0.15) is 0 Å². The molecule has 0 bridgehead atoms. The third kappa shape index (κ3) is 3.45. The summed E-state index contributed by atoms with van der Waals surface area (Å²) in [6, 6.07) is 1.60.